The number of anilines is 1. The molecular formula is C21H32N4O3. The van der Waals surface area contributed by atoms with Gasteiger partial charge in [0.25, 0.3) is 0 Å². The van der Waals surface area contributed by atoms with Gasteiger partial charge in [-0.1, -0.05) is 12.1 Å². The Hall–Kier alpha value is -2.28. The van der Waals surface area contributed by atoms with Gasteiger partial charge in [0.05, 0.1) is 13.0 Å². The summed E-state index contributed by atoms with van der Waals surface area (Å²) >= 11 is 0. The largest absolute Gasteiger partial charge is 0.469 e. The molecule has 1 aliphatic carbocycles. The average molecular weight is 389 g/mol. The van der Waals surface area contributed by atoms with E-state index in [-0.39, 0.29) is 24.0 Å². The van der Waals surface area contributed by atoms with E-state index >= 15 is 0 Å². The molecule has 28 heavy (non-hydrogen) atoms. The number of benzene rings is 1. The van der Waals surface area contributed by atoms with Crippen molar-refractivity contribution < 1.29 is 14.3 Å². The number of carbonyl (C=O) groups is 2. The van der Waals surface area contributed by atoms with Crippen LogP contribution in [-0.2, 0) is 16.1 Å². The molecule has 1 aromatic rings. The highest BCUT2D eigenvalue weighted by molar-refractivity contribution is 5.75. The normalized spacial score (nSPS) is 22.7. The number of carbonyl (C=O) groups excluding carboxylic acids is 2. The summed E-state index contributed by atoms with van der Waals surface area (Å²) in [6.07, 6.45) is 3.30. The van der Waals surface area contributed by atoms with Crippen LogP contribution in [0.1, 0.15) is 31.2 Å². The van der Waals surface area contributed by atoms with Gasteiger partial charge in [0, 0.05) is 51.5 Å². The van der Waals surface area contributed by atoms with Crippen molar-refractivity contribution in [2.45, 2.75) is 38.3 Å². The molecule has 154 valence electrons. The monoisotopic (exact) mass is 388 g/mol. The van der Waals surface area contributed by atoms with E-state index in [0.717, 1.165) is 57.4 Å². The minimum atomic E-state index is -0.122. The molecule has 0 aromatic heterocycles. The molecule has 1 aromatic carbocycles. The van der Waals surface area contributed by atoms with Crippen molar-refractivity contribution in [3.63, 3.8) is 0 Å². The lowest BCUT2D eigenvalue weighted by atomic mass is 9.85. The Bertz CT molecular complexity index is 663. The van der Waals surface area contributed by atoms with Crippen molar-refractivity contribution >= 4 is 17.7 Å². The molecule has 2 fully saturated rings. The molecule has 3 rings (SSSR count). The first-order valence-corrected chi connectivity index (χ1v) is 10.2. The van der Waals surface area contributed by atoms with Crippen LogP contribution in [0.4, 0.5) is 10.5 Å². The van der Waals surface area contributed by atoms with Gasteiger partial charge in [-0.05, 0) is 43.4 Å². The van der Waals surface area contributed by atoms with E-state index in [1.807, 2.05) is 16.8 Å². The Morgan fingerprint density at radius 3 is 2.21 bits per heavy atom. The van der Waals surface area contributed by atoms with Crippen LogP contribution in [0.2, 0.25) is 0 Å². The number of amides is 2. The second kappa shape index (κ2) is 9.28. The highest BCUT2D eigenvalue weighted by Crippen LogP contribution is 2.28. The van der Waals surface area contributed by atoms with E-state index in [9.17, 15) is 9.59 Å². The third kappa shape index (κ3) is 4.58. The minimum Gasteiger partial charge on any atom is -0.469 e. The van der Waals surface area contributed by atoms with E-state index in [1.165, 1.54) is 12.8 Å². The number of nitrogens with two attached hydrogens (primary N) is 1. The van der Waals surface area contributed by atoms with E-state index in [2.05, 4.69) is 29.2 Å². The van der Waals surface area contributed by atoms with Crippen LogP contribution in [0.15, 0.2) is 24.3 Å². The van der Waals surface area contributed by atoms with Crippen molar-refractivity contribution in [3.05, 3.63) is 29.8 Å². The predicted molar refractivity (Wildman–Crippen MR) is 109 cm³/mol. The maximum Gasteiger partial charge on any atom is 0.320 e. The van der Waals surface area contributed by atoms with Crippen molar-refractivity contribution in [1.29, 1.82) is 0 Å². The molecule has 1 saturated heterocycles. The van der Waals surface area contributed by atoms with Gasteiger partial charge in [0.1, 0.15) is 0 Å². The summed E-state index contributed by atoms with van der Waals surface area (Å²) in [5.41, 5.74) is 7.97. The fraction of sp³-hybridized carbons (Fsp3) is 0.619. The van der Waals surface area contributed by atoms with Crippen LogP contribution < -0.4 is 10.6 Å². The van der Waals surface area contributed by atoms with Crippen LogP contribution in [-0.4, -0.2) is 68.2 Å². The van der Waals surface area contributed by atoms with Crippen molar-refractivity contribution in [1.82, 2.24) is 9.80 Å². The highest BCUT2D eigenvalue weighted by atomic mass is 16.5. The fourth-order valence-electron chi connectivity index (χ4n) is 4.24. The Kier molecular flexibility index (Phi) is 6.78. The quantitative estimate of drug-likeness (QED) is 0.799. The summed E-state index contributed by atoms with van der Waals surface area (Å²) in [6, 6.07) is 8.63. The molecule has 0 spiro atoms. The van der Waals surface area contributed by atoms with Gasteiger partial charge >= 0.3 is 12.0 Å². The number of ether oxygens (including phenoxy) is 1. The van der Waals surface area contributed by atoms with Crippen molar-refractivity contribution in [2.75, 3.05) is 45.2 Å². The second-order valence-electron chi connectivity index (χ2n) is 7.77. The standard InChI is InChI=1S/C21H32N4O3/c1-23(18-9-5-17(6-10-18)20(26)28-2)21(27)25-13-11-24(12-14-25)19-7-3-16(15-22)4-8-19/h3-4,7-8,17-18H,5-6,9-15,22H2,1-2H3. The number of methoxy groups -OCH3 is 1. The third-order valence-corrected chi connectivity index (χ3v) is 6.17. The maximum atomic E-state index is 12.9. The Labute approximate surface area is 167 Å². The summed E-state index contributed by atoms with van der Waals surface area (Å²) in [6.45, 7) is 3.66. The van der Waals surface area contributed by atoms with E-state index in [0.29, 0.717) is 6.54 Å². The second-order valence-corrected chi connectivity index (χ2v) is 7.77. The summed E-state index contributed by atoms with van der Waals surface area (Å²) in [4.78, 5) is 30.7. The average Bonchev–Trinajstić information content (AvgIpc) is 2.78. The Morgan fingerprint density at radius 1 is 1.07 bits per heavy atom. The summed E-state index contributed by atoms with van der Waals surface area (Å²) in [5.74, 6) is -0.137. The molecule has 7 nitrogen and oxygen atoms in total. The third-order valence-electron chi connectivity index (χ3n) is 6.17. The van der Waals surface area contributed by atoms with Crippen molar-refractivity contribution in [2.24, 2.45) is 11.7 Å². The van der Waals surface area contributed by atoms with Gasteiger partial charge in [-0.15, -0.1) is 0 Å². The molecule has 1 heterocycles. The zero-order valence-corrected chi connectivity index (χ0v) is 17.0. The molecule has 1 saturated carbocycles. The van der Waals surface area contributed by atoms with Crippen LogP contribution >= 0.6 is 0 Å². The molecular weight excluding hydrogens is 356 g/mol. The van der Waals surface area contributed by atoms with E-state index < -0.39 is 0 Å². The lowest BCUT2D eigenvalue weighted by Gasteiger charge is -2.40. The van der Waals surface area contributed by atoms with Crippen LogP contribution in [0.5, 0.6) is 0 Å². The molecule has 0 bridgehead atoms. The zero-order valence-electron chi connectivity index (χ0n) is 17.0. The Balaban J connectivity index is 1.48. The number of nitrogens with zero attached hydrogens (tertiary/aromatic N) is 3. The first-order chi connectivity index (χ1) is 13.5. The number of rotatable bonds is 4. The number of hydrogen-bond donors (Lipinski definition) is 1. The molecule has 0 radical (unpaired) electrons. The van der Waals surface area contributed by atoms with Gasteiger partial charge in [0.15, 0.2) is 0 Å². The lowest BCUT2D eigenvalue weighted by molar-refractivity contribution is -0.146. The van der Waals surface area contributed by atoms with Gasteiger partial charge in [-0.2, -0.15) is 0 Å². The summed E-state index contributed by atoms with van der Waals surface area (Å²) < 4.78 is 4.85. The van der Waals surface area contributed by atoms with E-state index in [4.69, 9.17) is 10.5 Å². The number of piperazine rings is 1. The van der Waals surface area contributed by atoms with Gasteiger partial charge in [0.2, 0.25) is 0 Å². The molecule has 1 aliphatic heterocycles. The molecule has 7 heteroatoms. The number of hydrogen-bond acceptors (Lipinski definition) is 5. The SMILES string of the molecule is COC(=O)C1CCC(N(C)C(=O)N2CCN(c3ccc(CN)cc3)CC2)CC1. The molecule has 2 N–H and O–H groups in total. The van der Waals surface area contributed by atoms with Crippen LogP contribution in [0.3, 0.4) is 0 Å². The lowest BCUT2D eigenvalue weighted by Crippen LogP contribution is -2.54. The zero-order chi connectivity index (χ0) is 20.1. The van der Waals surface area contributed by atoms with E-state index in [1.54, 1.807) is 0 Å². The smallest absolute Gasteiger partial charge is 0.320 e. The highest BCUT2D eigenvalue weighted by Gasteiger charge is 2.32. The van der Waals surface area contributed by atoms with Crippen LogP contribution in [0, 0.1) is 5.92 Å². The topological polar surface area (TPSA) is 79.1 Å². The fourth-order valence-corrected chi connectivity index (χ4v) is 4.24. The molecule has 2 aliphatic rings. The number of urea groups is 1. The Morgan fingerprint density at radius 2 is 1.68 bits per heavy atom. The molecule has 0 unspecified atom stereocenters. The summed E-state index contributed by atoms with van der Waals surface area (Å²) in [7, 11) is 3.33. The number of esters is 1. The van der Waals surface area contributed by atoms with Gasteiger partial charge in [-0.25, -0.2) is 4.79 Å². The maximum absolute atomic E-state index is 12.9. The first kappa shape index (κ1) is 20.5. The predicted octanol–water partition coefficient (Wildman–Crippen LogP) is 2.05. The van der Waals surface area contributed by atoms with Crippen LogP contribution in [0.25, 0.3) is 0 Å². The molecule has 0 atom stereocenters. The van der Waals surface area contributed by atoms with Gasteiger partial charge in [-0.3, -0.25) is 4.79 Å². The molecule has 2 amide bonds. The van der Waals surface area contributed by atoms with Gasteiger partial charge < -0.3 is 25.2 Å². The first-order valence-electron chi connectivity index (χ1n) is 10.2. The van der Waals surface area contributed by atoms with Crippen molar-refractivity contribution in [3.8, 4) is 0 Å². The summed E-state index contributed by atoms with van der Waals surface area (Å²) in [5, 5.41) is 0. The minimum absolute atomic E-state index is 0.0149.